The fraction of sp³-hybridized carbons (Fsp3) is 0.250. The van der Waals surface area contributed by atoms with Crippen molar-refractivity contribution in [1.29, 1.82) is 0 Å². The fourth-order valence-electron chi connectivity index (χ4n) is 1.73. The Kier molecular flexibility index (Phi) is 3.71. The fourth-order valence-corrected chi connectivity index (χ4v) is 2.05. The third-order valence-corrected chi connectivity index (χ3v) is 2.95. The minimum absolute atomic E-state index is 0.176. The molecular weight excluding hydrogens is 272 g/mol. The summed E-state index contributed by atoms with van der Waals surface area (Å²) in [6.07, 6.45) is 0. The predicted molar refractivity (Wildman–Crippen MR) is 71.0 cm³/mol. The highest BCUT2D eigenvalue weighted by atomic mass is 35.5. The van der Waals surface area contributed by atoms with Gasteiger partial charge >= 0.3 is 0 Å². The number of nitrogen functional groups attached to an aromatic ring is 1. The van der Waals surface area contributed by atoms with Crippen molar-refractivity contribution in [3.05, 3.63) is 17.2 Å². The van der Waals surface area contributed by atoms with Gasteiger partial charge in [-0.15, -0.1) is 0 Å². The molecule has 0 radical (unpaired) electrons. The van der Waals surface area contributed by atoms with Crippen molar-refractivity contribution < 1.29 is 18.7 Å². The molecule has 1 aromatic heterocycles. The van der Waals surface area contributed by atoms with Crippen LogP contribution in [0.15, 0.2) is 16.7 Å². The van der Waals surface area contributed by atoms with E-state index in [4.69, 9.17) is 36.1 Å². The van der Waals surface area contributed by atoms with Gasteiger partial charge in [-0.3, -0.25) is 0 Å². The summed E-state index contributed by atoms with van der Waals surface area (Å²) in [7, 11) is 4.54. The molecule has 1 heterocycles. The van der Waals surface area contributed by atoms with Gasteiger partial charge in [0.05, 0.1) is 31.9 Å². The average molecular weight is 285 g/mol. The molecule has 7 heteroatoms. The van der Waals surface area contributed by atoms with Crippen molar-refractivity contribution in [2.24, 2.45) is 0 Å². The normalized spacial score (nSPS) is 10.3. The molecule has 0 unspecified atom stereocenters. The van der Waals surface area contributed by atoms with Crippen molar-refractivity contribution >= 4 is 17.5 Å². The van der Waals surface area contributed by atoms with Crippen LogP contribution in [0.1, 0.15) is 0 Å². The maximum absolute atomic E-state index is 6.28. The molecule has 0 bridgehead atoms. The lowest BCUT2D eigenvalue weighted by atomic mass is 10.1. The van der Waals surface area contributed by atoms with Gasteiger partial charge in [0.2, 0.25) is 5.88 Å². The second-order valence-electron chi connectivity index (χ2n) is 3.62. The summed E-state index contributed by atoms with van der Waals surface area (Å²) in [5.74, 6) is 1.52. The zero-order valence-electron chi connectivity index (χ0n) is 10.7. The average Bonchev–Trinajstić information content (AvgIpc) is 2.84. The van der Waals surface area contributed by atoms with Crippen LogP contribution in [0.25, 0.3) is 11.3 Å². The first kappa shape index (κ1) is 13.4. The molecular formula is C12H13ClN2O4. The van der Waals surface area contributed by atoms with Gasteiger partial charge in [0, 0.05) is 12.1 Å². The lowest BCUT2D eigenvalue weighted by molar-refractivity contribution is 0.350. The summed E-state index contributed by atoms with van der Waals surface area (Å²) >= 11 is 6.28. The van der Waals surface area contributed by atoms with Gasteiger partial charge in [0.15, 0.2) is 11.5 Å². The molecule has 0 aliphatic carbocycles. The van der Waals surface area contributed by atoms with Crippen molar-refractivity contribution in [3.8, 4) is 28.5 Å². The van der Waals surface area contributed by atoms with Gasteiger partial charge in [-0.25, -0.2) is 0 Å². The number of aromatic nitrogens is 1. The maximum Gasteiger partial charge on any atom is 0.222 e. The van der Waals surface area contributed by atoms with Crippen molar-refractivity contribution in [1.82, 2.24) is 5.16 Å². The van der Waals surface area contributed by atoms with Gasteiger partial charge in [-0.2, -0.15) is 0 Å². The zero-order chi connectivity index (χ0) is 14.0. The van der Waals surface area contributed by atoms with Gasteiger partial charge in [0.25, 0.3) is 0 Å². The number of methoxy groups -OCH3 is 3. The Labute approximate surface area is 115 Å². The third-order valence-electron chi connectivity index (χ3n) is 2.58. The van der Waals surface area contributed by atoms with E-state index in [1.165, 1.54) is 21.3 Å². The summed E-state index contributed by atoms with van der Waals surface area (Å²) in [6.45, 7) is 0. The standard InChI is InChI=1S/C12H13ClN2O4/c1-16-7-5-8(17-2)12(18-3)10(11(7)13)6-4-9(14)19-15-6/h4-5H,14H2,1-3H3. The third kappa shape index (κ3) is 2.26. The number of nitrogens with zero attached hydrogens (tertiary/aromatic N) is 1. The monoisotopic (exact) mass is 284 g/mol. The van der Waals surface area contributed by atoms with E-state index in [0.717, 1.165) is 0 Å². The molecule has 1 aromatic carbocycles. The number of benzene rings is 1. The van der Waals surface area contributed by atoms with Crippen molar-refractivity contribution in [3.63, 3.8) is 0 Å². The van der Waals surface area contributed by atoms with Crippen molar-refractivity contribution in [2.75, 3.05) is 27.1 Å². The van der Waals surface area contributed by atoms with E-state index in [1.807, 2.05) is 0 Å². The van der Waals surface area contributed by atoms with Crippen LogP contribution >= 0.6 is 11.6 Å². The van der Waals surface area contributed by atoms with Crippen LogP contribution in [0.2, 0.25) is 5.02 Å². The molecule has 0 saturated carbocycles. The van der Waals surface area contributed by atoms with Gasteiger partial charge < -0.3 is 24.5 Å². The number of hydrogen-bond acceptors (Lipinski definition) is 6. The van der Waals surface area contributed by atoms with Crippen molar-refractivity contribution in [2.45, 2.75) is 0 Å². The summed E-state index contributed by atoms with van der Waals surface area (Å²) in [5.41, 5.74) is 6.47. The van der Waals surface area contributed by atoms with E-state index in [0.29, 0.717) is 33.5 Å². The summed E-state index contributed by atoms with van der Waals surface area (Å²) in [4.78, 5) is 0. The molecule has 0 atom stereocenters. The van der Waals surface area contributed by atoms with Gasteiger partial charge in [0.1, 0.15) is 11.4 Å². The molecule has 2 aromatic rings. The Morgan fingerprint density at radius 2 is 1.79 bits per heavy atom. The Hall–Kier alpha value is -2.08. The Morgan fingerprint density at radius 3 is 2.26 bits per heavy atom. The van der Waals surface area contributed by atoms with Crippen LogP contribution in [0.4, 0.5) is 5.88 Å². The maximum atomic E-state index is 6.28. The molecule has 0 aliphatic heterocycles. The Balaban J connectivity index is 2.75. The molecule has 6 nitrogen and oxygen atoms in total. The first-order valence-corrected chi connectivity index (χ1v) is 5.71. The highest BCUT2D eigenvalue weighted by molar-refractivity contribution is 6.35. The second kappa shape index (κ2) is 5.27. The Bertz CT molecular complexity index is 598. The van der Waals surface area contributed by atoms with Crippen LogP contribution in [-0.2, 0) is 0 Å². The number of ether oxygens (including phenoxy) is 3. The molecule has 0 aliphatic rings. The SMILES string of the molecule is COc1cc(OC)c(OC)c(-c2cc(N)on2)c1Cl. The van der Waals surface area contributed by atoms with E-state index in [1.54, 1.807) is 12.1 Å². The Morgan fingerprint density at radius 1 is 1.11 bits per heavy atom. The quantitative estimate of drug-likeness (QED) is 0.929. The van der Waals surface area contributed by atoms with E-state index in [-0.39, 0.29) is 5.88 Å². The highest BCUT2D eigenvalue weighted by Crippen LogP contribution is 2.47. The van der Waals surface area contributed by atoms with E-state index in [9.17, 15) is 0 Å². The predicted octanol–water partition coefficient (Wildman–Crippen LogP) is 2.60. The lowest BCUT2D eigenvalue weighted by Gasteiger charge is -2.15. The molecule has 2 rings (SSSR count). The zero-order valence-corrected chi connectivity index (χ0v) is 11.4. The summed E-state index contributed by atoms with van der Waals surface area (Å²) in [6, 6.07) is 3.18. The number of hydrogen-bond donors (Lipinski definition) is 1. The van der Waals surface area contributed by atoms with Gasteiger partial charge in [-0.1, -0.05) is 16.8 Å². The smallest absolute Gasteiger partial charge is 0.222 e. The summed E-state index contributed by atoms with van der Waals surface area (Å²) in [5, 5.41) is 4.17. The number of rotatable bonds is 4. The first-order chi connectivity index (χ1) is 9.12. The van der Waals surface area contributed by atoms with E-state index >= 15 is 0 Å². The minimum atomic E-state index is 0.176. The molecule has 0 amide bonds. The topological polar surface area (TPSA) is 79.7 Å². The van der Waals surface area contributed by atoms with Crippen LogP contribution < -0.4 is 19.9 Å². The van der Waals surface area contributed by atoms with E-state index < -0.39 is 0 Å². The molecule has 19 heavy (non-hydrogen) atoms. The second-order valence-corrected chi connectivity index (χ2v) is 4.00. The molecule has 0 spiro atoms. The summed E-state index contributed by atoms with van der Waals surface area (Å²) < 4.78 is 20.6. The highest BCUT2D eigenvalue weighted by Gasteiger charge is 2.23. The molecule has 0 fully saturated rings. The number of halogens is 1. The molecule has 0 saturated heterocycles. The van der Waals surface area contributed by atoms with Crippen LogP contribution in [0, 0.1) is 0 Å². The molecule has 102 valence electrons. The largest absolute Gasteiger partial charge is 0.495 e. The minimum Gasteiger partial charge on any atom is -0.495 e. The van der Waals surface area contributed by atoms with E-state index in [2.05, 4.69) is 5.16 Å². The van der Waals surface area contributed by atoms with Crippen LogP contribution in [0.5, 0.6) is 17.2 Å². The van der Waals surface area contributed by atoms with Crippen LogP contribution in [0.3, 0.4) is 0 Å². The number of nitrogens with two attached hydrogens (primary N) is 1. The molecule has 2 N–H and O–H groups in total. The van der Waals surface area contributed by atoms with Crippen LogP contribution in [-0.4, -0.2) is 26.5 Å². The van der Waals surface area contributed by atoms with Gasteiger partial charge in [-0.05, 0) is 0 Å². The lowest BCUT2D eigenvalue weighted by Crippen LogP contribution is -1.97. The number of anilines is 1. The first-order valence-electron chi connectivity index (χ1n) is 5.33.